The first-order chi connectivity index (χ1) is 25.0. The molecule has 6 nitrogen and oxygen atoms in total. The van der Waals surface area contributed by atoms with Gasteiger partial charge >= 0.3 is 17.9 Å². The van der Waals surface area contributed by atoms with Gasteiger partial charge in [-0.2, -0.15) is 0 Å². The lowest BCUT2D eigenvalue weighted by Crippen LogP contribution is -2.30. The second-order valence-electron chi connectivity index (χ2n) is 13.9. The van der Waals surface area contributed by atoms with Crippen molar-refractivity contribution in [3.8, 4) is 0 Å². The molecule has 0 aliphatic carbocycles. The first-order valence-corrected chi connectivity index (χ1v) is 21.1. The monoisotopic (exact) mass is 715 g/mol. The summed E-state index contributed by atoms with van der Waals surface area (Å²) in [6, 6.07) is 0. The van der Waals surface area contributed by atoms with E-state index >= 15 is 0 Å². The molecule has 0 aliphatic rings. The van der Waals surface area contributed by atoms with Gasteiger partial charge in [0.1, 0.15) is 13.2 Å². The van der Waals surface area contributed by atoms with E-state index < -0.39 is 12.1 Å². The van der Waals surface area contributed by atoms with Crippen LogP contribution in [-0.4, -0.2) is 37.2 Å². The van der Waals surface area contributed by atoms with Crippen molar-refractivity contribution < 1.29 is 28.6 Å². The SMILES string of the molecule is CC/C=C\C/C=C\C/C=C\CC(=O)OCC(COC(=O)CCCCCCCCCCCCCCC)OC(=O)CCCCCCC/C=C\CCCC. The largest absolute Gasteiger partial charge is 0.462 e. The minimum absolute atomic E-state index is 0.102. The highest BCUT2D eigenvalue weighted by molar-refractivity contribution is 5.72. The number of carbonyl (C=O) groups is 3. The van der Waals surface area contributed by atoms with Crippen LogP contribution in [0.5, 0.6) is 0 Å². The van der Waals surface area contributed by atoms with Crippen LogP contribution >= 0.6 is 0 Å². The molecule has 0 heterocycles. The molecule has 294 valence electrons. The molecule has 51 heavy (non-hydrogen) atoms. The Balaban J connectivity index is 4.43. The molecule has 6 heteroatoms. The van der Waals surface area contributed by atoms with E-state index in [-0.39, 0.29) is 31.6 Å². The van der Waals surface area contributed by atoms with E-state index in [1.807, 2.05) is 6.08 Å². The van der Waals surface area contributed by atoms with Gasteiger partial charge in [0.15, 0.2) is 6.10 Å². The summed E-state index contributed by atoms with van der Waals surface area (Å²) < 4.78 is 16.5. The zero-order valence-electron chi connectivity index (χ0n) is 33.4. The summed E-state index contributed by atoms with van der Waals surface area (Å²) in [6.45, 7) is 6.36. The quantitative estimate of drug-likeness (QED) is 0.0276. The van der Waals surface area contributed by atoms with Gasteiger partial charge in [-0.3, -0.25) is 14.4 Å². The molecule has 0 bridgehead atoms. The Morgan fingerprint density at radius 1 is 0.431 bits per heavy atom. The predicted molar refractivity (Wildman–Crippen MR) is 215 cm³/mol. The highest BCUT2D eigenvalue weighted by Gasteiger charge is 2.19. The summed E-state index contributed by atoms with van der Waals surface area (Å²) in [6.07, 6.45) is 45.5. The Kier molecular flexibility index (Phi) is 38.1. The van der Waals surface area contributed by atoms with Crippen molar-refractivity contribution in [2.45, 2.75) is 207 Å². The van der Waals surface area contributed by atoms with E-state index in [4.69, 9.17) is 14.2 Å². The van der Waals surface area contributed by atoms with Crippen LogP contribution in [0.2, 0.25) is 0 Å². The molecule has 0 saturated carbocycles. The molecule has 0 amide bonds. The van der Waals surface area contributed by atoms with E-state index in [9.17, 15) is 14.4 Å². The summed E-state index contributed by atoms with van der Waals surface area (Å²) in [7, 11) is 0. The highest BCUT2D eigenvalue weighted by atomic mass is 16.6. The minimum atomic E-state index is -0.806. The van der Waals surface area contributed by atoms with E-state index in [2.05, 4.69) is 57.2 Å². The van der Waals surface area contributed by atoms with Crippen molar-refractivity contribution in [2.75, 3.05) is 13.2 Å². The molecule has 1 atom stereocenters. The van der Waals surface area contributed by atoms with Crippen LogP contribution in [0.15, 0.2) is 48.6 Å². The third-order valence-corrected chi connectivity index (χ3v) is 8.85. The number of esters is 3. The minimum Gasteiger partial charge on any atom is -0.462 e. The standard InChI is InChI=1S/C45H78O6/c1-4-7-10-13-16-19-21-22-24-26-29-32-35-38-44(47)50-41-42(40-49-43(46)37-34-31-28-25-18-15-12-9-6-3)51-45(48)39-36-33-30-27-23-20-17-14-11-8-5-2/h9,12,14,17-18,25,31,34,42H,4-8,10-11,13,15-16,19-24,26-30,32-33,35-41H2,1-3H3/b12-9-,17-14-,25-18-,34-31-. The molecule has 1 unspecified atom stereocenters. The molecule has 0 N–H and O–H groups in total. The van der Waals surface area contributed by atoms with Gasteiger partial charge in [0.2, 0.25) is 0 Å². The number of rotatable bonds is 37. The molecule has 0 radical (unpaired) electrons. The van der Waals surface area contributed by atoms with Gasteiger partial charge in [0.25, 0.3) is 0 Å². The van der Waals surface area contributed by atoms with Gasteiger partial charge in [-0.05, 0) is 51.4 Å². The summed E-state index contributed by atoms with van der Waals surface area (Å²) in [4.78, 5) is 37.5. The van der Waals surface area contributed by atoms with Gasteiger partial charge in [0, 0.05) is 12.8 Å². The lowest BCUT2D eigenvalue weighted by Gasteiger charge is -2.18. The summed E-state index contributed by atoms with van der Waals surface area (Å²) in [5.41, 5.74) is 0. The number of allylic oxidation sites excluding steroid dienone is 7. The van der Waals surface area contributed by atoms with E-state index in [1.54, 1.807) is 6.08 Å². The van der Waals surface area contributed by atoms with E-state index in [0.29, 0.717) is 12.8 Å². The molecular formula is C45H78O6. The number of hydrogen-bond donors (Lipinski definition) is 0. The molecular weight excluding hydrogens is 636 g/mol. The molecule has 0 aromatic carbocycles. The van der Waals surface area contributed by atoms with E-state index in [1.165, 1.54) is 89.9 Å². The van der Waals surface area contributed by atoms with Crippen LogP contribution in [0.3, 0.4) is 0 Å². The maximum atomic E-state index is 12.6. The average Bonchev–Trinajstić information content (AvgIpc) is 3.12. The Morgan fingerprint density at radius 2 is 0.863 bits per heavy atom. The normalized spacial score (nSPS) is 12.5. The van der Waals surface area contributed by atoms with Crippen molar-refractivity contribution in [3.63, 3.8) is 0 Å². The van der Waals surface area contributed by atoms with Crippen LogP contribution in [0.25, 0.3) is 0 Å². The lowest BCUT2D eigenvalue weighted by atomic mass is 10.0. The van der Waals surface area contributed by atoms with Crippen LogP contribution in [0.1, 0.15) is 201 Å². The van der Waals surface area contributed by atoms with Crippen LogP contribution < -0.4 is 0 Å². The van der Waals surface area contributed by atoms with Crippen molar-refractivity contribution in [3.05, 3.63) is 48.6 Å². The maximum absolute atomic E-state index is 12.6. The summed E-state index contributed by atoms with van der Waals surface area (Å²) >= 11 is 0. The molecule has 0 rings (SSSR count). The van der Waals surface area contributed by atoms with Gasteiger partial charge < -0.3 is 14.2 Å². The van der Waals surface area contributed by atoms with Crippen LogP contribution in [0.4, 0.5) is 0 Å². The van der Waals surface area contributed by atoms with E-state index in [0.717, 1.165) is 70.6 Å². The average molecular weight is 715 g/mol. The Morgan fingerprint density at radius 3 is 1.41 bits per heavy atom. The number of hydrogen-bond acceptors (Lipinski definition) is 6. The van der Waals surface area contributed by atoms with Gasteiger partial charge in [-0.1, -0.05) is 179 Å². The number of unbranched alkanes of at least 4 members (excludes halogenated alkanes) is 19. The number of carbonyl (C=O) groups excluding carboxylic acids is 3. The smallest absolute Gasteiger partial charge is 0.309 e. The maximum Gasteiger partial charge on any atom is 0.309 e. The molecule has 0 fully saturated rings. The highest BCUT2D eigenvalue weighted by Crippen LogP contribution is 2.14. The third-order valence-electron chi connectivity index (χ3n) is 8.85. The second kappa shape index (κ2) is 40.1. The predicted octanol–water partition coefficient (Wildman–Crippen LogP) is 13.2. The Hall–Kier alpha value is -2.63. The lowest BCUT2D eigenvalue weighted by molar-refractivity contribution is -0.166. The second-order valence-corrected chi connectivity index (χ2v) is 13.9. The van der Waals surface area contributed by atoms with Crippen LogP contribution in [-0.2, 0) is 28.6 Å². The van der Waals surface area contributed by atoms with Crippen molar-refractivity contribution >= 4 is 17.9 Å². The first kappa shape index (κ1) is 48.4. The fraction of sp³-hybridized carbons (Fsp3) is 0.756. The fourth-order valence-corrected chi connectivity index (χ4v) is 5.66. The van der Waals surface area contributed by atoms with Gasteiger partial charge in [0.05, 0.1) is 6.42 Å². The van der Waals surface area contributed by atoms with Crippen molar-refractivity contribution in [1.29, 1.82) is 0 Å². The summed E-state index contributed by atoms with van der Waals surface area (Å²) in [5.74, 6) is -1.05. The first-order valence-electron chi connectivity index (χ1n) is 21.1. The molecule has 0 spiro atoms. The zero-order chi connectivity index (χ0) is 37.3. The molecule has 0 aliphatic heterocycles. The zero-order valence-corrected chi connectivity index (χ0v) is 33.4. The summed E-state index contributed by atoms with van der Waals surface area (Å²) in [5, 5.41) is 0. The number of ether oxygens (including phenoxy) is 3. The molecule has 0 aromatic heterocycles. The van der Waals surface area contributed by atoms with Crippen molar-refractivity contribution in [1.82, 2.24) is 0 Å². The van der Waals surface area contributed by atoms with Crippen molar-refractivity contribution in [2.24, 2.45) is 0 Å². The Bertz CT molecular complexity index is 918. The molecule has 0 saturated heterocycles. The third kappa shape index (κ3) is 38.4. The van der Waals surface area contributed by atoms with Crippen LogP contribution in [0, 0.1) is 0 Å². The molecule has 0 aromatic rings. The topological polar surface area (TPSA) is 78.9 Å². The van der Waals surface area contributed by atoms with Gasteiger partial charge in [-0.25, -0.2) is 0 Å². The fourth-order valence-electron chi connectivity index (χ4n) is 5.66. The Labute approximate surface area is 314 Å². The van der Waals surface area contributed by atoms with Gasteiger partial charge in [-0.15, -0.1) is 0 Å².